The first-order chi connectivity index (χ1) is 7.41. The van der Waals surface area contributed by atoms with Crippen LogP contribution in [0, 0.1) is 0 Å². The first-order valence-corrected chi connectivity index (χ1v) is 6.96. The maximum Gasteiger partial charge on any atom is 0.272 e. The quantitative estimate of drug-likeness (QED) is 0.782. The molecule has 0 unspecified atom stereocenters. The number of halogens is 1. The molecule has 0 atom stereocenters. The molecule has 2 N–H and O–H groups in total. The number of aromatic amines is 1. The summed E-state index contributed by atoms with van der Waals surface area (Å²) in [7, 11) is 2.69. The smallest absolute Gasteiger partial charge is 0.272 e. The van der Waals surface area contributed by atoms with Gasteiger partial charge in [-0.25, -0.2) is 8.42 Å². The van der Waals surface area contributed by atoms with E-state index in [2.05, 4.69) is 15.5 Å². The number of amides is 1. The van der Waals surface area contributed by atoms with Crippen LogP contribution >= 0.6 is 10.7 Å². The summed E-state index contributed by atoms with van der Waals surface area (Å²) in [5.74, 6) is -0.585. The fraction of sp³-hybridized carbons (Fsp3) is 0.500. The van der Waals surface area contributed by atoms with Crippen molar-refractivity contribution in [1.82, 2.24) is 15.5 Å². The minimum Gasteiger partial charge on any atom is -0.354 e. The molecule has 8 heteroatoms. The van der Waals surface area contributed by atoms with E-state index in [0.29, 0.717) is 12.1 Å². The molecule has 1 aromatic heterocycles. The second-order valence-corrected chi connectivity index (χ2v) is 5.65. The third-order valence-corrected chi connectivity index (χ3v) is 3.37. The highest BCUT2D eigenvalue weighted by Gasteiger charge is 2.27. The zero-order valence-corrected chi connectivity index (χ0v) is 10.4. The molecule has 0 radical (unpaired) electrons. The predicted octanol–water partition coefficient (Wildman–Crippen LogP) is 0.649. The Balaban J connectivity index is 3.37. The predicted molar refractivity (Wildman–Crippen MR) is 59.0 cm³/mol. The molecule has 6 nitrogen and oxygen atoms in total. The monoisotopic (exact) mass is 265 g/mol. The molecule has 0 aliphatic heterocycles. The van der Waals surface area contributed by atoms with E-state index in [-0.39, 0.29) is 10.6 Å². The molecule has 0 aliphatic rings. The lowest BCUT2D eigenvalue weighted by Crippen LogP contribution is -2.20. The molecule has 1 amide bonds. The van der Waals surface area contributed by atoms with E-state index in [4.69, 9.17) is 10.7 Å². The van der Waals surface area contributed by atoms with Crippen LogP contribution in [0.4, 0.5) is 0 Å². The molecule has 0 saturated carbocycles. The van der Waals surface area contributed by atoms with Crippen molar-refractivity contribution < 1.29 is 13.2 Å². The van der Waals surface area contributed by atoms with Gasteiger partial charge in [-0.2, -0.15) is 5.10 Å². The van der Waals surface area contributed by atoms with Gasteiger partial charge >= 0.3 is 0 Å². The summed E-state index contributed by atoms with van der Waals surface area (Å²) in [6, 6.07) is 0. The molecule has 0 fully saturated rings. The molecule has 0 spiro atoms. The highest BCUT2D eigenvalue weighted by Crippen LogP contribution is 2.23. The normalized spacial score (nSPS) is 11.4. The minimum absolute atomic E-state index is 0.194. The van der Waals surface area contributed by atoms with Gasteiger partial charge in [0.15, 0.2) is 5.69 Å². The zero-order chi connectivity index (χ0) is 12.3. The second-order valence-electron chi connectivity index (χ2n) is 3.15. The van der Waals surface area contributed by atoms with Crippen LogP contribution in [-0.4, -0.2) is 31.6 Å². The number of carbonyl (C=O) groups is 1. The Bertz CT molecular complexity index is 495. The molecule has 0 saturated heterocycles. The Hall–Kier alpha value is -1.08. The third kappa shape index (κ3) is 2.53. The standard InChI is InChI=1S/C8H12ClN3O3S/c1-3-4-5-7(16(9,14)15)6(12-11-5)8(13)10-2/h3-4H2,1-2H3,(H,10,13)(H,11,12). The molecule has 16 heavy (non-hydrogen) atoms. The molecule has 0 aliphatic carbocycles. The molecule has 90 valence electrons. The summed E-state index contributed by atoms with van der Waals surface area (Å²) in [4.78, 5) is 11.2. The highest BCUT2D eigenvalue weighted by molar-refractivity contribution is 8.13. The Morgan fingerprint density at radius 1 is 1.56 bits per heavy atom. The number of nitrogens with one attached hydrogen (secondary N) is 2. The first kappa shape index (κ1) is 13.0. The third-order valence-electron chi connectivity index (χ3n) is 1.98. The van der Waals surface area contributed by atoms with Crippen LogP contribution in [0.5, 0.6) is 0 Å². The van der Waals surface area contributed by atoms with E-state index in [0.717, 1.165) is 6.42 Å². The van der Waals surface area contributed by atoms with Crippen molar-refractivity contribution in [3.63, 3.8) is 0 Å². The number of aromatic nitrogens is 2. The van der Waals surface area contributed by atoms with E-state index in [1.54, 1.807) is 0 Å². The topological polar surface area (TPSA) is 91.9 Å². The minimum atomic E-state index is -3.98. The number of nitrogens with zero attached hydrogens (tertiary/aromatic N) is 1. The summed E-state index contributed by atoms with van der Waals surface area (Å²) in [6.07, 6.45) is 1.18. The van der Waals surface area contributed by atoms with Crippen molar-refractivity contribution >= 4 is 25.6 Å². The lowest BCUT2D eigenvalue weighted by molar-refractivity contribution is 0.0955. The van der Waals surface area contributed by atoms with Gasteiger partial charge in [0.05, 0.1) is 5.69 Å². The van der Waals surface area contributed by atoms with Crippen molar-refractivity contribution in [2.45, 2.75) is 24.7 Å². The fourth-order valence-electron chi connectivity index (χ4n) is 1.32. The van der Waals surface area contributed by atoms with E-state index in [9.17, 15) is 13.2 Å². The van der Waals surface area contributed by atoms with Crippen LogP contribution in [0.3, 0.4) is 0 Å². The molecule has 0 aromatic carbocycles. The lowest BCUT2D eigenvalue weighted by Gasteiger charge is -2.00. The SMILES string of the molecule is CCCc1[nH]nc(C(=O)NC)c1S(=O)(=O)Cl. The summed E-state index contributed by atoms with van der Waals surface area (Å²) < 4.78 is 22.7. The van der Waals surface area contributed by atoms with Gasteiger partial charge in [-0.05, 0) is 6.42 Å². The van der Waals surface area contributed by atoms with E-state index in [1.807, 2.05) is 6.92 Å². The summed E-state index contributed by atoms with van der Waals surface area (Å²) >= 11 is 0. The fourth-order valence-corrected chi connectivity index (χ4v) is 2.63. The van der Waals surface area contributed by atoms with Gasteiger partial charge < -0.3 is 5.32 Å². The van der Waals surface area contributed by atoms with Crippen LogP contribution in [0.15, 0.2) is 4.90 Å². The number of carbonyl (C=O) groups excluding carboxylic acids is 1. The number of H-pyrrole nitrogens is 1. The number of rotatable bonds is 4. The lowest BCUT2D eigenvalue weighted by atomic mass is 10.2. The van der Waals surface area contributed by atoms with E-state index < -0.39 is 15.0 Å². The van der Waals surface area contributed by atoms with E-state index in [1.165, 1.54) is 7.05 Å². The Kier molecular flexibility index (Phi) is 3.93. The van der Waals surface area contributed by atoms with Crippen LogP contribution in [-0.2, 0) is 15.5 Å². The largest absolute Gasteiger partial charge is 0.354 e. The van der Waals surface area contributed by atoms with Crippen molar-refractivity contribution in [3.05, 3.63) is 11.4 Å². The van der Waals surface area contributed by atoms with Crippen molar-refractivity contribution in [2.75, 3.05) is 7.05 Å². The summed E-state index contributed by atoms with van der Waals surface area (Å²) in [5.41, 5.74) is 0.164. The Morgan fingerprint density at radius 3 is 2.62 bits per heavy atom. The summed E-state index contributed by atoms with van der Waals surface area (Å²) in [6.45, 7) is 1.88. The Morgan fingerprint density at radius 2 is 2.19 bits per heavy atom. The molecular weight excluding hydrogens is 254 g/mol. The van der Waals surface area contributed by atoms with Gasteiger partial charge in [-0.1, -0.05) is 13.3 Å². The van der Waals surface area contributed by atoms with Crippen LogP contribution in [0.25, 0.3) is 0 Å². The molecule has 0 bridgehead atoms. The van der Waals surface area contributed by atoms with Crippen LogP contribution < -0.4 is 5.32 Å². The maximum absolute atomic E-state index is 11.4. The van der Waals surface area contributed by atoms with Gasteiger partial charge in [0.25, 0.3) is 15.0 Å². The second kappa shape index (κ2) is 4.84. The number of aryl methyl sites for hydroxylation is 1. The molecular formula is C8H12ClN3O3S. The molecule has 1 heterocycles. The van der Waals surface area contributed by atoms with Crippen LogP contribution in [0.2, 0.25) is 0 Å². The van der Waals surface area contributed by atoms with Crippen molar-refractivity contribution in [1.29, 1.82) is 0 Å². The first-order valence-electron chi connectivity index (χ1n) is 4.65. The van der Waals surface area contributed by atoms with Gasteiger partial charge in [-0.15, -0.1) is 0 Å². The van der Waals surface area contributed by atoms with Crippen molar-refractivity contribution in [3.8, 4) is 0 Å². The molecule has 1 aromatic rings. The van der Waals surface area contributed by atoms with Gasteiger partial charge in [0, 0.05) is 17.7 Å². The number of hydrogen-bond donors (Lipinski definition) is 2. The Labute approximate surface area is 97.8 Å². The van der Waals surface area contributed by atoms with E-state index >= 15 is 0 Å². The molecule has 1 rings (SSSR count). The van der Waals surface area contributed by atoms with Gasteiger partial charge in [-0.3, -0.25) is 9.89 Å². The average molecular weight is 266 g/mol. The van der Waals surface area contributed by atoms with Gasteiger partial charge in [0.2, 0.25) is 0 Å². The zero-order valence-electron chi connectivity index (χ0n) is 8.87. The van der Waals surface area contributed by atoms with Crippen molar-refractivity contribution in [2.24, 2.45) is 0 Å². The highest BCUT2D eigenvalue weighted by atomic mass is 35.7. The number of hydrogen-bond acceptors (Lipinski definition) is 4. The maximum atomic E-state index is 11.4. The van der Waals surface area contributed by atoms with Gasteiger partial charge in [0.1, 0.15) is 4.90 Å². The average Bonchev–Trinajstić information content (AvgIpc) is 2.60. The van der Waals surface area contributed by atoms with Crippen LogP contribution in [0.1, 0.15) is 29.5 Å². The summed E-state index contributed by atoms with van der Waals surface area (Å²) in [5, 5.41) is 8.50.